The Morgan fingerprint density at radius 2 is 1.55 bits per heavy atom. The highest BCUT2D eigenvalue weighted by Gasteiger charge is 2.57. The van der Waals surface area contributed by atoms with Gasteiger partial charge in [0.25, 0.3) is 0 Å². The molecular weight excluding hydrogens is 741 g/mol. The number of fused-ring (bicyclic) bond motifs is 1. The summed E-state index contributed by atoms with van der Waals surface area (Å²) >= 11 is 0. The number of amides is 1. The van der Waals surface area contributed by atoms with Gasteiger partial charge < -0.3 is 39.0 Å². The zero-order chi connectivity index (χ0) is 42.5. The van der Waals surface area contributed by atoms with E-state index in [1.807, 2.05) is 56.3 Å². The number of nitrogens with one attached hydrogen (secondary N) is 1. The summed E-state index contributed by atoms with van der Waals surface area (Å²) in [5, 5.41) is 14.4. The van der Waals surface area contributed by atoms with Crippen molar-refractivity contribution in [2.45, 2.75) is 135 Å². The Balaban J connectivity index is 1.50. The minimum atomic E-state index is -1.38. The highest BCUT2D eigenvalue weighted by Crippen LogP contribution is 2.40. The van der Waals surface area contributed by atoms with E-state index in [2.05, 4.69) is 41.4 Å². The molecule has 12 heteroatoms. The maximum absolute atomic E-state index is 14.4. The lowest BCUT2D eigenvalue weighted by molar-refractivity contribution is -0.296. The van der Waals surface area contributed by atoms with Crippen LogP contribution in [0.4, 0.5) is 4.79 Å². The summed E-state index contributed by atoms with van der Waals surface area (Å²) in [6, 6.07) is 17.2. The van der Waals surface area contributed by atoms with Crippen LogP contribution in [0.25, 0.3) is 11.1 Å². The van der Waals surface area contributed by atoms with Gasteiger partial charge in [-0.1, -0.05) is 94.1 Å². The first-order chi connectivity index (χ1) is 27.4. The van der Waals surface area contributed by atoms with Gasteiger partial charge >= 0.3 is 12.1 Å². The number of nitrogens with zero attached hydrogens (tertiary/aromatic N) is 1. The predicted octanol–water partition coefficient (Wildman–Crippen LogP) is 5.76. The van der Waals surface area contributed by atoms with Gasteiger partial charge in [0.15, 0.2) is 17.7 Å². The monoisotopic (exact) mass is 802 g/mol. The van der Waals surface area contributed by atoms with Crippen LogP contribution in [0.2, 0.25) is 0 Å². The molecule has 3 aliphatic rings. The molecule has 2 N–H and O–H groups in total. The number of ketones is 2. The zero-order valence-electron chi connectivity index (χ0n) is 35.7. The number of ether oxygens (including phenoxy) is 5. The van der Waals surface area contributed by atoms with Crippen LogP contribution in [-0.2, 0) is 44.5 Å². The Kier molecular flexibility index (Phi) is 14.6. The second kappa shape index (κ2) is 18.9. The molecule has 58 heavy (non-hydrogen) atoms. The third-order valence-corrected chi connectivity index (χ3v) is 12.4. The second-order valence-electron chi connectivity index (χ2n) is 17.1. The Morgan fingerprint density at radius 3 is 2.19 bits per heavy atom. The summed E-state index contributed by atoms with van der Waals surface area (Å²) in [6.07, 6.45) is -3.97. The summed E-state index contributed by atoms with van der Waals surface area (Å²) in [4.78, 5) is 57.4. The molecule has 2 aromatic carbocycles. The first-order valence-corrected chi connectivity index (χ1v) is 20.6. The standard InChI is InChI=1S/C46H62N2O10/c1-11-36-46(8)40(47-44(53)58-46)29(4)37(49)27(2)26-45(7,54-24-16-15-17-32-20-22-34(23-21-32)33-18-13-12-14-19-33)41(30(5)38(50)31(6)42(52)56-36)57-43-39(51)35(48(9)10)25-28(3)55-43/h12-14,18-23,27-31,35-36,39-41,43,51H,11,17,24-26H2,1-10H3,(H,47,53)/t27-,28-,29+,30+,31-,35+,36-,39-,40-,41-,43+,45-,46-/m1/s1. The quantitative estimate of drug-likeness (QED) is 0.191. The average Bonchev–Trinajstić information content (AvgIpc) is 3.52. The molecule has 0 aromatic heterocycles. The number of carbonyl (C=O) groups is 4. The molecule has 2 aromatic rings. The number of cyclic esters (lactones) is 1. The van der Waals surface area contributed by atoms with E-state index in [-0.39, 0.29) is 37.4 Å². The number of carbonyl (C=O) groups excluding carboxylic acids is 4. The van der Waals surface area contributed by atoms with Crippen LogP contribution in [0.15, 0.2) is 54.6 Å². The van der Waals surface area contributed by atoms with Crippen LogP contribution in [0, 0.1) is 35.5 Å². The highest BCUT2D eigenvalue weighted by molar-refractivity contribution is 6.00. The Bertz CT molecular complexity index is 1820. The first kappa shape index (κ1) is 45.0. The van der Waals surface area contributed by atoms with E-state index < -0.39 is 83.4 Å². The van der Waals surface area contributed by atoms with E-state index in [4.69, 9.17) is 23.7 Å². The largest absolute Gasteiger partial charge is 0.458 e. The Hall–Kier alpha value is -4.12. The van der Waals surface area contributed by atoms with Gasteiger partial charge in [0.2, 0.25) is 0 Å². The van der Waals surface area contributed by atoms with E-state index in [0.717, 1.165) is 16.7 Å². The molecule has 3 saturated heterocycles. The van der Waals surface area contributed by atoms with Crippen molar-refractivity contribution in [2.75, 3.05) is 20.7 Å². The van der Waals surface area contributed by atoms with Gasteiger partial charge in [0.05, 0.1) is 23.9 Å². The molecule has 3 heterocycles. The van der Waals surface area contributed by atoms with Gasteiger partial charge in [-0.3, -0.25) is 14.4 Å². The fourth-order valence-electron chi connectivity index (χ4n) is 8.99. The lowest BCUT2D eigenvalue weighted by atomic mass is 9.73. The summed E-state index contributed by atoms with van der Waals surface area (Å²) in [5.41, 5.74) is 0.492. The molecule has 5 rings (SSSR count). The molecule has 0 radical (unpaired) electrons. The first-order valence-electron chi connectivity index (χ1n) is 20.6. The third kappa shape index (κ3) is 9.83. The number of hydrogen-bond acceptors (Lipinski definition) is 11. The molecule has 12 nitrogen and oxygen atoms in total. The molecule has 0 saturated carbocycles. The van der Waals surface area contributed by atoms with Gasteiger partial charge in [0.1, 0.15) is 30.5 Å². The van der Waals surface area contributed by atoms with E-state index >= 15 is 0 Å². The van der Waals surface area contributed by atoms with Gasteiger partial charge in [-0.25, -0.2) is 4.79 Å². The predicted molar refractivity (Wildman–Crippen MR) is 218 cm³/mol. The van der Waals surface area contributed by atoms with E-state index in [1.165, 1.54) is 6.92 Å². The highest BCUT2D eigenvalue weighted by atomic mass is 16.7. The van der Waals surface area contributed by atoms with Crippen molar-refractivity contribution in [3.8, 4) is 23.0 Å². The van der Waals surface area contributed by atoms with Crippen molar-refractivity contribution in [3.63, 3.8) is 0 Å². The van der Waals surface area contributed by atoms with Crippen molar-refractivity contribution in [1.82, 2.24) is 10.2 Å². The number of Topliss-reactive ketones (excluding diaryl/α,β-unsaturated/α-hetero) is 2. The molecule has 0 unspecified atom stereocenters. The van der Waals surface area contributed by atoms with E-state index in [0.29, 0.717) is 12.8 Å². The maximum Gasteiger partial charge on any atom is 0.408 e. The smallest absolute Gasteiger partial charge is 0.408 e. The van der Waals surface area contributed by atoms with Crippen LogP contribution < -0.4 is 5.32 Å². The van der Waals surface area contributed by atoms with Gasteiger partial charge in [-0.15, -0.1) is 0 Å². The van der Waals surface area contributed by atoms with Gasteiger partial charge in [0, 0.05) is 30.2 Å². The Morgan fingerprint density at radius 1 is 0.897 bits per heavy atom. The van der Waals surface area contributed by atoms with E-state index in [1.54, 1.807) is 41.5 Å². The van der Waals surface area contributed by atoms with Crippen molar-refractivity contribution >= 4 is 23.6 Å². The molecule has 316 valence electrons. The molecule has 1 amide bonds. The summed E-state index contributed by atoms with van der Waals surface area (Å²) in [7, 11) is 3.74. The number of likely N-dealkylation sites (N-methyl/N-ethyl adjacent to an activating group) is 1. The van der Waals surface area contributed by atoms with Crippen molar-refractivity contribution in [1.29, 1.82) is 0 Å². The summed E-state index contributed by atoms with van der Waals surface area (Å²) in [6.45, 7) is 13.7. The number of aliphatic hydroxyl groups excluding tert-OH is 1. The van der Waals surface area contributed by atoms with Gasteiger partial charge in [-0.2, -0.15) is 0 Å². The third-order valence-electron chi connectivity index (χ3n) is 12.4. The van der Waals surface area contributed by atoms with Gasteiger partial charge in [-0.05, 0) is 77.7 Å². The van der Waals surface area contributed by atoms with Crippen LogP contribution in [0.5, 0.6) is 0 Å². The average molecular weight is 803 g/mol. The zero-order valence-corrected chi connectivity index (χ0v) is 35.7. The minimum Gasteiger partial charge on any atom is -0.458 e. The number of alkyl carbamates (subject to hydrolysis) is 1. The van der Waals surface area contributed by atoms with Crippen LogP contribution in [-0.4, -0.2) is 108 Å². The van der Waals surface area contributed by atoms with Crippen molar-refractivity contribution < 1.29 is 48.0 Å². The molecule has 3 aliphatic heterocycles. The minimum absolute atomic E-state index is 0.0684. The van der Waals surface area contributed by atoms with E-state index in [9.17, 15) is 24.3 Å². The van der Waals surface area contributed by atoms with Crippen LogP contribution >= 0.6 is 0 Å². The molecule has 13 atom stereocenters. The molecule has 3 fully saturated rings. The number of rotatable bonds is 8. The normalized spacial score (nSPS) is 36.2. The van der Waals surface area contributed by atoms with Crippen molar-refractivity contribution in [3.05, 3.63) is 60.2 Å². The number of aliphatic hydroxyl groups is 1. The number of benzene rings is 2. The fraction of sp³-hybridized carbons (Fsp3) is 0.609. The molecule has 0 spiro atoms. The molecule has 0 aliphatic carbocycles. The molecule has 0 bridgehead atoms. The molecular formula is C46H62N2O10. The fourth-order valence-corrected chi connectivity index (χ4v) is 8.99. The van der Waals surface area contributed by atoms with Crippen LogP contribution in [0.1, 0.15) is 80.2 Å². The topological polar surface area (TPSA) is 150 Å². The summed E-state index contributed by atoms with van der Waals surface area (Å²) in [5.74, 6) is 1.15. The lowest BCUT2D eigenvalue weighted by Crippen LogP contribution is -2.60. The van der Waals surface area contributed by atoms with Crippen LogP contribution in [0.3, 0.4) is 0 Å². The Labute approximate surface area is 343 Å². The number of esters is 1. The summed E-state index contributed by atoms with van der Waals surface area (Å²) < 4.78 is 31.3. The second-order valence-corrected chi connectivity index (χ2v) is 17.1. The van der Waals surface area contributed by atoms with Crippen molar-refractivity contribution in [2.24, 2.45) is 23.7 Å². The SMILES string of the molecule is CC[C@H]1OC(=O)[C@H](C)C(=O)[C@H](C)[C@@H](O[C@@H]2O[C@H](C)C[C@H](N(C)C)[C@H]2O)[C@](C)(OCC#CCc2ccc(-c3ccccc3)cc2)C[C@@H](C)C(=O)[C@H](C)[C@H]2NC(=O)O[C@@]21C. The number of hydrogen-bond donors (Lipinski definition) is 2. The maximum atomic E-state index is 14.4. The lowest BCUT2D eigenvalue weighted by Gasteiger charge is -2.47.